The van der Waals surface area contributed by atoms with Crippen LogP contribution in [0.25, 0.3) is 6.08 Å². The van der Waals surface area contributed by atoms with Gasteiger partial charge in [-0.3, -0.25) is 9.48 Å². The molecule has 0 atom stereocenters. The van der Waals surface area contributed by atoms with Gasteiger partial charge in [-0.25, -0.2) is 0 Å². The number of alkyl halides is 2. The molecule has 26 heavy (non-hydrogen) atoms. The van der Waals surface area contributed by atoms with Crippen LogP contribution in [0, 0.1) is 6.92 Å². The Bertz CT molecular complexity index is 760. The van der Waals surface area contributed by atoms with E-state index in [1.54, 1.807) is 18.3 Å². The first-order valence-corrected chi connectivity index (χ1v) is 8.06. The van der Waals surface area contributed by atoms with Gasteiger partial charge in [-0.15, -0.1) is 0 Å². The van der Waals surface area contributed by atoms with Crippen LogP contribution < -0.4 is 14.8 Å². The van der Waals surface area contributed by atoms with Gasteiger partial charge in [0.05, 0.1) is 13.3 Å². The van der Waals surface area contributed by atoms with Crippen LogP contribution in [0.3, 0.4) is 0 Å². The standard InChI is InChI=1S/C18H21F2N3O3/c1-13-11-22-23(12-13)10-4-9-21-16(24)8-7-14-5-3-6-15(25-2)17(14)26-18(19)20/h3,5-8,11-12,18H,4,9-10H2,1-2H3,(H,21,24)/b8-7+. The minimum absolute atomic E-state index is 0.108. The van der Waals surface area contributed by atoms with Crippen molar-refractivity contribution in [3.63, 3.8) is 0 Å². The smallest absolute Gasteiger partial charge is 0.387 e. The van der Waals surface area contributed by atoms with E-state index < -0.39 is 6.61 Å². The molecule has 140 valence electrons. The summed E-state index contributed by atoms with van der Waals surface area (Å²) in [6, 6.07) is 4.69. The lowest BCUT2D eigenvalue weighted by atomic mass is 10.1. The number of benzene rings is 1. The third-order valence-electron chi connectivity index (χ3n) is 3.48. The summed E-state index contributed by atoms with van der Waals surface area (Å²) in [5, 5.41) is 6.89. The molecule has 0 bridgehead atoms. The Labute approximate surface area is 150 Å². The largest absolute Gasteiger partial charge is 0.493 e. The second kappa shape index (κ2) is 9.55. The molecule has 0 fully saturated rings. The van der Waals surface area contributed by atoms with Crippen molar-refractivity contribution >= 4 is 12.0 Å². The topological polar surface area (TPSA) is 65.4 Å². The molecule has 8 heteroatoms. The molecule has 0 unspecified atom stereocenters. The molecule has 1 aromatic heterocycles. The number of halogens is 2. The fourth-order valence-electron chi connectivity index (χ4n) is 2.31. The van der Waals surface area contributed by atoms with Crippen molar-refractivity contribution in [2.24, 2.45) is 0 Å². The SMILES string of the molecule is COc1cccc(/C=C/C(=O)NCCCn2cc(C)cn2)c1OC(F)F. The number of ether oxygens (including phenoxy) is 2. The van der Waals surface area contributed by atoms with E-state index in [4.69, 9.17) is 4.74 Å². The summed E-state index contributed by atoms with van der Waals surface area (Å²) in [5.41, 5.74) is 1.41. The number of carbonyl (C=O) groups is 1. The molecule has 0 spiro atoms. The fourth-order valence-corrected chi connectivity index (χ4v) is 2.31. The summed E-state index contributed by atoms with van der Waals surface area (Å²) < 4.78 is 36.5. The molecule has 0 radical (unpaired) electrons. The minimum Gasteiger partial charge on any atom is -0.493 e. The Kier molecular flexibility index (Phi) is 7.13. The normalized spacial score (nSPS) is 11.1. The molecule has 0 saturated carbocycles. The van der Waals surface area contributed by atoms with Crippen molar-refractivity contribution in [2.45, 2.75) is 26.5 Å². The molecule has 1 amide bonds. The predicted molar refractivity (Wildman–Crippen MR) is 93.3 cm³/mol. The number of nitrogens with one attached hydrogen (secondary N) is 1. The van der Waals surface area contributed by atoms with Crippen LogP contribution in [0.2, 0.25) is 0 Å². The van der Waals surface area contributed by atoms with Crippen molar-refractivity contribution in [1.82, 2.24) is 15.1 Å². The average Bonchev–Trinajstić information content (AvgIpc) is 3.02. The molecule has 1 heterocycles. The van der Waals surface area contributed by atoms with E-state index in [0.29, 0.717) is 18.7 Å². The zero-order valence-electron chi connectivity index (χ0n) is 14.6. The van der Waals surface area contributed by atoms with Gasteiger partial charge < -0.3 is 14.8 Å². The first-order valence-electron chi connectivity index (χ1n) is 8.06. The van der Waals surface area contributed by atoms with Gasteiger partial charge in [0.15, 0.2) is 11.5 Å². The summed E-state index contributed by atoms with van der Waals surface area (Å²) in [5.74, 6) is -0.266. The lowest BCUT2D eigenvalue weighted by molar-refractivity contribution is -0.116. The van der Waals surface area contributed by atoms with Crippen LogP contribution >= 0.6 is 0 Å². The number of aryl methyl sites for hydroxylation is 2. The maximum absolute atomic E-state index is 12.6. The lowest BCUT2D eigenvalue weighted by Gasteiger charge is -2.12. The molecular weight excluding hydrogens is 344 g/mol. The van der Waals surface area contributed by atoms with E-state index >= 15 is 0 Å². The maximum atomic E-state index is 12.6. The quantitative estimate of drug-likeness (QED) is 0.548. The van der Waals surface area contributed by atoms with Gasteiger partial charge in [0.2, 0.25) is 5.91 Å². The van der Waals surface area contributed by atoms with E-state index in [0.717, 1.165) is 12.0 Å². The Morgan fingerprint density at radius 3 is 2.88 bits per heavy atom. The molecule has 0 aliphatic rings. The number of carbonyl (C=O) groups excluding carboxylic acids is 1. The number of hydrogen-bond acceptors (Lipinski definition) is 4. The highest BCUT2D eigenvalue weighted by molar-refractivity contribution is 5.92. The second-order valence-corrected chi connectivity index (χ2v) is 5.52. The Morgan fingerprint density at radius 2 is 2.23 bits per heavy atom. The molecule has 0 aliphatic carbocycles. The van der Waals surface area contributed by atoms with E-state index in [1.807, 2.05) is 17.8 Å². The number of para-hydroxylation sites is 1. The number of rotatable bonds is 9. The van der Waals surface area contributed by atoms with E-state index in [2.05, 4.69) is 15.2 Å². The van der Waals surface area contributed by atoms with Crippen molar-refractivity contribution < 1.29 is 23.0 Å². The highest BCUT2D eigenvalue weighted by atomic mass is 19.3. The number of nitrogens with zero attached hydrogens (tertiary/aromatic N) is 2. The first-order chi connectivity index (χ1) is 12.5. The van der Waals surface area contributed by atoms with E-state index in [9.17, 15) is 13.6 Å². The van der Waals surface area contributed by atoms with Crippen molar-refractivity contribution in [3.05, 3.63) is 47.8 Å². The number of hydrogen-bond donors (Lipinski definition) is 1. The van der Waals surface area contributed by atoms with E-state index in [-0.39, 0.29) is 17.4 Å². The van der Waals surface area contributed by atoms with Gasteiger partial charge in [0.1, 0.15) is 0 Å². The van der Waals surface area contributed by atoms with Crippen LogP contribution in [-0.2, 0) is 11.3 Å². The van der Waals surface area contributed by atoms with E-state index in [1.165, 1.54) is 25.3 Å². The third kappa shape index (κ3) is 5.87. The monoisotopic (exact) mass is 365 g/mol. The van der Waals surface area contributed by atoms with Gasteiger partial charge in [0, 0.05) is 30.9 Å². The highest BCUT2D eigenvalue weighted by Crippen LogP contribution is 2.33. The lowest BCUT2D eigenvalue weighted by Crippen LogP contribution is -2.23. The maximum Gasteiger partial charge on any atom is 0.387 e. The third-order valence-corrected chi connectivity index (χ3v) is 3.48. The molecule has 0 aliphatic heterocycles. The molecule has 6 nitrogen and oxygen atoms in total. The van der Waals surface area contributed by atoms with Gasteiger partial charge in [0.25, 0.3) is 0 Å². The molecule has 1 N–H and O–H groups in total. The summed E-state index contributed by atoms with van der Waals surface area (Å²) in [6.45, 7) is 0.139. The molecule has 0 saturated heterocycles. The molecule has 2 rings (SSSR count). The number of aromatic nitrogens is 2. The second-order valence-electron chi connectivity index (χ2n) is 5.52. The summed E-state index contributed by atoms with van der Waals surface area (Å²) in [7, 11) is 1.36. The molecule has 1 aromatic carbocycles. The van der Waals surface area contributed by atoms with Gasteiger partial charge >= 0.3 is 6.61 Å². The fraction of sp³-hybridized carbons (Fsp3) is 0.333. The van der Waals surface area contributed by atoms with Gasteiger partial charge in [-0.2, -0.15) is 13.9 Å². The first kappa shape index (κ1) is 19.4. The number of amides is 1. The van der Waals surface area contributed by atoms with Crippen LogP contribution in [0.4, 0.5) is 8.78 Å². The Morgan fingerprint density at radius 1 is 1.42 bits per heavy atom. The van der Waals surface area contributed by atoms with Crippen LogP contribution in [0.5, 0.6) is 11.5 Å². The number of methoxy groups -OCH3 is 1. The summed E-state index contributed by atoms with van der Waals surface area (Å²) in [6.07, 6.45) is 7.10. The van der Waals surface area contributed by atoms with Gasteiger partial charge in [-0.05, 0) is 31.1 Å². The van der Waals surface area contributed by atoms with Crippen molar-refractivity contribution in [2.75, 3.05) is 13.7 Å². The zero-order valence-corrected chi connectivity index (χ0v) is 14.6. The average molecular weight is 365 g/mol. The van der Waals surface area contributed by atoms with Crippen molar-refractivity contribution in [3.8, 4) is 11.5 Å². The van der Waals surface area contributed by atoms with Crippen LogP contribution in [0.15, 0.2) is 36.7 Å². The molecular formula is C18H21F2N3O3. The Balaban J connectivity index is 1.88. The van der Waals surface area contributed by atoms with Crippen LogP contribution in [0.1, 0.15) is 17.5 Å². The molecule has 2 aromatic rings. The van der Waals surface area contributed by atoms with Gasteiger partial charge in [-0.1, -0.05) is 12.1 Å². The minimum atomic E-state index is -2.99. The summed E-state index contributed by atoms with van der Waals surface area (Å²) >= 11 is 0. The van der Waals surface area contributed by atoms with Crippen molar-refractivity contribution in [1.29, 1.82) is 0 Å². The Hall–Kier alpha value is -2.90. The van der Waals surface area contributed by atoms with Crippen LogP contribution in [-0.4, -0.2) is 36.0 Å². The predicted octanol–water partition coefficient (Wildman–Crippen LogP) is 3.02. The highest BCUT2D eigenvalue weighted by Gasteiger charge is 2.13. The zero-order chi connectivity index (χ0) is 18.9. The summed E-state index contributed by atoms with van der Waals surface area (Å²) in [4.78, 5) is 11.9.